The fourth-order valence-corrected chi connectivity index (χ4v) is 4.04. The second kappa shape index (κ2) is 10.2. The molecule has 3 N–H and O–H groups in total. The molecule has 1 heterocycles. The number of carboxylic acid groups (broad SMARTS) is 1. The van der Waals surface area contributed by atoms with Crippen molar-refractivity contribution >= 4 is 18.0 Å². The third-order valence-electron chi connectivity index (χ3n) is 5.68. The van der Waals surface area contributed by atoms with E-state index in [9.17, 15) is 14.4 Å². The summed E-state index contributed by atoms with van der Waals surface area (Å²) >= 11 is 0. The molecule has 176 valence electrons. The van der Waals surface area contributed by atoms with E-state index in [1.165, 1.54) is 6.07 Å². The summed E-state index contributed by atoms with van der Waals surface area (Å²) in [5.41, 5.74) is 4.60. The number of aromatic nitrogens is 1. The largest absolute Gasteiger partial charge is 0.481 e. The first-order valence-corrected chi connectivity index (χ1v) is 11.0. The van der Waals surface area contributed by atoms with Gasteiger partial charge in [-0.3, -0.25) is 9.59 Å². The van der Waals surface area contributed by atoms with Gasteiger partial charge in [-0.25, -0.2) is 4.79 Å². The minimum atomic E-state index is -0.926. The van der Waals surface area contributed by atoms with Crippen molar-refractivity contribution in [3.63, 3.8) is 0 Å². The van der Waals surface area contributed by atoms with Gasteiger partial charge in [0.15, 0.2) is 11.5 Å². The lowest BCUT2D eigenvalue weighted by Crippen LogP contribution is -2.29. The van der Waals surface area contributed by atoms with Crippen LogP contribution >= 0.6 is 0 Å². The fourth-order valence-electron chi connectivity index (χ4n) is 4.04. The number of alkyl carbamates (subject to hydrolysis) is 1. The molecule has 0 aliphatic heterocycles. The summed E-state index contributed by atoms with van der Waals surface area (Å²) in [5.74, 6) is -1.37. The number of carboxylic acids is 1. The first-order valence-electron chi connectivity index (χ1n) is 11.0. The number of nitrogens with one attached hydrogen (secondary N) is 2. The van der Waals surface area contributed by atoms with E-state index in [0.29, 0.717) is 0 Å². The third kappa shape index (κ3) is 5.25. The average Bonchev–Trinajstić information content (AvgIpc) is 3.42. The zero-order valence-electron chi connectivity index (χ0n) is 18.6. The summed E-state index contributed by atoms with van der Waals surface area (Å²) in [7, 11) is 0. The van der Waals surface area contributed by atoms with Crippen LogP contribution in [-0.2, 0) is 16.1 Å². The number of carbonyl (C=O) groups is 3. The van der Waals surface area contributed by atoms with Gasteiger partial charge < -0.3 is 25.0 Å². The number of aliphatic carboxylic acids is 1. The Morgan fingerprint density at radius 3 is 2.35 bits per heavy atom. The van der Waals surface area contributed by atoms with Crippen LogP contribution in [-0.4, -0.2) is 41.4 Å². The van der Waals surface area contributed by atoms with Crippen LogP contribution in [0.1, 0.15) is 46.6 Å². The topological polar surface area (TPSA) is 131 Å². The molecule has 9 nitrogen and oxygen atoms in total. The highest BCUT2D eigenvalue weighted by molar-refractivity contribution is 5.92. The maximum atomic E-state index is 12.3. The average molecular weight is 463 g/mol. The molecule has 1 unspecified atom stereocenters. The second-order valence-corrected chi connectivity index (χ2v) is 8.27. The Hall–Kier alpha value is -4.14. The molecule has 3 aromatic rings. The second-order valence-electron chi connectivity index (χ2n) is 8.27. The molecule has 9 heteroatoms. The van der Waals surface area contributed by atoms with Crippen molar-refractivity contribution in [1.29, 1.82) is 0 Å². The van der Waals surface area contributed by atoms with Crippen LogP contribution in [0.4, 0.5) is 4.79 Å². The Balaban J connectivity index is 1.27. The molecule has 1 atom stereocenters. The zero-order valence-corrected chi connectivity index (χ0v) is 18.6. The van der Waals surface area contributed by atoms with Crippen molar-refractivity contribution in [3.05, 3.63) is 77.2 Å². The molecule has 1 aliphatic rings. The number of fused-ring (bicyclic) bond motifs is 3. The molecular formula is C25H25N3O6. The number of ether oxygens (including phenoxy) is 1. The SMILES string of the molecule is CC(CNC(=O)c1cc(CNC(=O)OCC2c3ccccc3-c3ccccc32)on1)CC(=O)O. The molecule has 0 fully saturated rings. The highest BCUT2D eigenvalue weighted by Crippen LogP contribution is 2.44. The number of nitrogens with zero attached hydrogens (tertiary/aromatic N) is 1. The molecule has 2 aromatic carbocycles. The minimum Gasteiger partial charge on any atom is -0.481 e. The summed E-state index contributed by atoms with van der Waals surface area (Å²) < 4.78 is 10.6. The smallest absolute Gasteiger partial charge is 0.407 e. The van der Waals surface area contributed by atoms with Crippen molar-refractivity contribution in [2.24, 2.45) is 5.92 Å². The van der Waals surface area contributed by atoms with E-state index < -0.39 is 18.0 Å². The van der Waals surface area contributed by atoms with Gasteiger partial charge in [-0.15, -0.1) is 0 Å². The van der Waals surface area contributed by atoms with E-state index in [0.717, 1.165) is 22.3 Å². The zero-order chi connectivity index (χ0) is 24.1. The van der Waals surface area contributed by atoms with Gasteiger partial charge in [0.1, 0.15) is 6.61 Å². The van der Waals surface area contributed by atoms with Gasteiger partial charge in [-0.2, -0.15) is 0 Å². The maximum absolute atomic E-state index is 12.3. The van der Waals surface area contributed by atoms with Crippen LogP contribution in [0.15, 0.2) is 59.1 Å². The first kappa shape index (κ1) is 23.0. The van der Waals surface area contributed by atoms with Crippen molar-refractivity contribution in [3.8, 4) is 11.1 Å². The minimum absolute atomic E-state index is 0.00632. The molecule has 1 aliphatic carbocycles. The van der Waals surface area contributed by atoms with Crippen LogP contribution < -0.4 is 10.6 Å². The molecule has 0 saturated carbocycles. The van der Waals surface area contributed by atoms with Gasteiger partial charge in [-0.05, 0) is 28.2 Å². The van der Waals surface area contributed by atoms with Crippen LogP contribution in [0.3, 0.4) is 0 Å². The van der Waals surface area contributed by atoms with Crippen LogP contribution in [0.2, 0.25) is 0 Å². The van der Waals surface area contributed by atoms with Gasteiger partial charge >= 0.3 is 12.1 Å². The maximum Gasteiger partial charge on any atom is 0.407 e. The summed E-state index contributed by atoms with van der Waals surface area (Å²) in [6.45, 7) is 2.12. The Morgan fingerprint density at radius 2 is 1.71 bits per heavy atom. The Labute approximate surface area is 196 Å². The lowest BCUT2D eigenvalue weighted by Gasteiger charge is -2.14. The van der Waals surface area contributed by atoms with Gasteiger partial charge in [-0.1, -0.05) is 60.6 Å². The molecule has 0 spiro atoms. The number of hydrogen-bond acceptors (Lipinski definition) is 6. The van der Waals surface area contributed by atoms with Gasteiger partial charge in [0, 0.05) is 24.9 Å². The van der Waals surface area contributed by atoms with E-state index in [2.05, 4.69) is 27.9 Å². The lowest BCUT2D eigenvalue weighted by molar-refractivity contribution is -0.137. The summed E-state index contributed by atoms with van der Waals surface area (Å²) in [4.78, 5) is 35.1. The van der Waals surface area contributed by atoms with Crippen molar-refractivity contribution in [2.45, 2.75) is 25.8 Å². The van der Waals surface area contributed by atoms with E-state index in [1.807, 2.05) is 36.4 Å². The van der Waals surface area contributed by atoms with Crippen LogP contribution in [0, 0.1) is 5.92 Å². The molecule has 2 amide bonds. The van der Waals surface area contributed by atoms with Crippen LogP contribution in [0.5, 0.6) is 0 Å². The summed E-state index contributed by atoms with van der Waals surface area (Å²) in [5, 5.41) is 17.7. The first-order chi connectivity index (χ1) is 16.4. The number of rotatable bonds is 9. The van der Waals surface area contributed by atoms with Crippen molar-refractivity contribution in [1.82, 2.24) is 15.8 Å². The molecule has 34 heavy (non-hydrogen) atoms. The molecule has 1 aromatic heterocycles. The Kier molecular flexibility index (Phi) is 6.91. The van der Waals surface area contributed by atoms with E-state index in [-0.39, 0.29) is 49.4 Å². The Bertz CT molecular complexity index is 1160. The number of amides is 2. The number of carbonyl (C=O) groups excluding carboxylic acids is 2. The quantitative estimate of drug-likeness (QED) is 0.442. The molecular weight excluding hydrogens is 438 g/mol. The van der Waals surface area contributed by atoms with Gasteiger partial charge in [0.2, 0.25) is 0 Å². The molecule has 0 radical (unpaired) electrons. The predicted octanol–water partition coefficient (Wildman–Crippen LogP) is 3.55. The molecule has 0 saturated heterocycles. The van der Waals surface area contributed by atoms with Crippen molar-refractivity contribution in [2.75, 3.05) is 13.2 Å². The fraction of sp³-hybridized carbons (Fsp3) is 0.280. The van der Waals surface area contributed by atoms with Gasteiger partial charge in [0.05, 0.1) is 6.54 Å². The van der Waals surface area contributed by atoms with Crippen molar-refractivity contribution < 1.29 is 28.8 Å². The predicted molar refractivity (Wildman–Crippen MR) is 122 cm³/mol. The molecule has 0 bridgehead atoms. The standard InChI is InChI=1S/C25H25N3O6/c1-15(10-23(29)30)12-26-24(31)22-11-16(34-28-22)13-27-25(32)33-14-21-19-8-4-2-6-17(19)18-7-3-5-9-20(18)21/h2-9,11,15,21H,10,12-14H2,1H3,(H,26,31)(H,27,32)(H,29,30). The van der Waals surface area contributed by atoms with Gasteiger partial charge in [0.25, 0.3) is 5.91 Å². The monoisotopic (exact) mass is 463 g/mol. The summed E-state index contributed by atoms with van der Waals surface area (Å²) in [6.07, 6.45) is -0.652. The Morgan fingerprint density at radius 1 is 1.06 bits per heavy atom. The normalized spacial score (nSPS) is 13.0. The third-order valence-corrected chi connectivity index (χ3v) is 5.68. The number of hydrogen-bond donors (Lipinski definition) is 3. The van der Waals surface area contributed by atoms with Crippen LogP contribution in [0.25, 0.3) is 11.1 Å². The molecule has 4 rings (SSSR count). The lowest BCUT2D eigenvalue weighted by atomic mass is 9.98. The highest BCUT2D eigenvalue weighted by Gasteiger charge is 2.29. The van der Waals surface area contributed by atoms with E-state index in [4.69, 9.17) is 14.4 Å². The summed E-state index contributed by atoms with van der Waals surface area (Å²) in [6, 6.07) is 17.6. The number of benzene rings is 2. The van der Waals surface area contributed by atoms with E-state index in [1.54, 1.807) is 6.92 Å². The van der Waals surface area contributed by atoms with E-state index >= 15 is 0 Å². The highest BCUT2D eigenvalue weighted by atomic mass is 16.5.